The number of aryl methyl sites for hydroxylation is 1. The number of aromatic nitrogens is 2. The molecule has 1 aromatic carbocycles. The van der Waals surface area contributed by atoms with Crippen LogP contribution < -0.4 is 26.2 Å². The van der Waals surface area contributed by atoms with E-state index in [1.807, 2.05) is 19.1 Å². The van der Waals surface area contributed by atoms with Gasteiger partial charge in [0, 0.05) is 75.8 Å². The summed E-state index contributed by atoms with van der Waals surface area (Å²) in [4.78, 5) is 43.5. The SMILES string of the molecule is C=CC(=O)N[C@H]1CCCN(c2nc(Nc3ccc(N4CCC(N5CCN(C)CC5)CC4)cc3)c(C(N)=O)nc2CC)C1. The van der Waals surface area contributed by atoms with Crippen LogP contribution >= 0.6 is 0 Å². The fourth-order valence-corrected chi connectivity index (χ4v) is 6.33. The van der Waals surface area contributed by atoms with Crippen molar-refractivity contribution in [2.24, 2.45) is 5.73 Å². The second-order valence-electron chi connectivity index (χ2n) is 11.6. The van der Waals surface area contributed by atoms with Gasteiger partial charge in [-0.15, -0.1) is 0 Å². The Bertz CT molecular complexity index is 1250. The molecule has 0 unspecified atom stereocenters. The molecule has 3 fully saturated rings. The minimum atomic E-state index is -0.624. The van der Waals surface area contributed by atoms with E-state index in [0.29, 0.717) is 36.3 Å². The van der Waals surface area contributed by atoms with Crippen molar-refractivity contribution < 1.29 is 9.59 Å². The minimum Gasteiger partial charge on any atom is -0.371 e. The summed E-state index contributed by atoms with van der Waals surface area (Å²) in [6.45, 7) is 13.7. The second kappa shape index (κ2) is 13.5. The summed E-state index contributed by atoms with van der Waals surface area (Å²) < 4.78 is 0. The predicted molar refractivity (Wildman–Crippen MR) is 168 cm³/mol. The molecule has 11 nitrogen and oxygen atoms in total. The van der Waals surface area contributed by atoms with Gasteiger partial charge in [0.15, 0.2) is 17.3 Å². The van der Waals surface area contributed by atoms with E-state index in [4.69, 9.17) is 10.7 Å². The van der Waals surface area contributed by atoms with E-state index in [-0.39, 0.29) is 17.6 Å². The number of piperazine rings is 1. The Labute approximate surface area is 249 Å². The topological polar surface area (TPSA) is 123 Å². The van der Waals surface area contributed by atoms with Crippen molar-refractivity contribution in [1.82, 2.24) is 25.1 Å². The van der Waals surface area contributed by atoms with Crippen molar-refractivity contribution in [2.45, 2.75) is 51.1 Å². The summed E-state index contributed by atoms with van der Waals surface area (Å²) in [6.07, 6.45) is 6.05. The standard InChI is InChI=1S/C31H45N9O2/c1-4-26-31(40-14-6-7-23(21-40)33-27(41)5-2)36-30(28(35-26)29(32)42)34-22-8-10-24(11-9-22)38-15-12-25(13-16-38)39-19-17-37(3)18-20-39/h5,8-11,23,25H,2,4,6-7,12-21H2,1,3H3,(H2,32,42)(H,33,41)(H,34,36)/t23-/m0/s1. The van der Waals surface area contributed by atoms with Gasteiger partial charge in [0.05, 0.1) is 5.69 Å². The van der Waals surface area contributed by atoms with Crippen molar-refractivity contribution >= 4 is 34.8 Å². The van der Waals surface area contributed by atoms with Crippen LogP contribution in [0.3, 0.4) is 0 Å². The molecule has 1 aromatic heterocycles. The van der Waals surface area contributed by atoms with E-state index in [2.05, 4.69) is 61.0 Å². The number of likely N-dealkylation sites (N-methyl/N-ethyl adjacent to an activating group) is 1. The van der Waals surface area contributed by atoms with Gasteiger partial charge < -0.3 is 31.1 Å². The normalized spacial score (nSPS) is 20.8. The summed E-state index contributed by atoms with van der Waals surface area (Å²) in [5.74, 6) is 0.244. The molecule has 4 N–H and O–H groups in total. The van der Waals surface area contributed by atoms with Gasteiger partial charge in [0.1, 0.15) is 0 Å². The monoisotopic (exact) mass is 575 g/mol. The molecule has 3 aliphatic heterocycles. The summed E-state index contributed by atoms with van der Waals surface area (Å²) >= 11 is 0. The Kier molecular flexibility index (Phi) is 9.58. The van der Waals surface area contributed by atoms with Crippen molar-refractivity contribution in [3.8, 4) is 0 Å². The molecule has 0 bridgehead atoms. The Hall–Kier alpha value is -3.70. The third kappa shape index (κ3) is 7.01. The molecule has 0 radical (unpaired) electrons. The number of piperidine rings is 2. The largest absolute Gasteiger partial charge is 0.371 e. The third-order valence-electron chi connectivity index (χ3n) is 8.78. The number of carbonyl (C=O) groups is 2. The van der Waals surface area contributed by atoms with Crippen LogP contribution in [-0.4, -0.2) is 103 Å². The lowest BCUT2D eigenvalue weighted by molar-refractivity contribution is -0.117. The van der Waals surface area contributed by atoms with E-state index in [9.17, 15) is 9.59 Å². The number of benzene rings is 1. The first-order valence-corrected chi connectivity index (χ1v) is 15.3. The maximum atomic E-state index is 12.4. The number of rotatable bonds is 9. The van der Waals surface area contributed by atoms with Crippen molar-refractivity contribution in [3.63, 3.8) is 0 Å². The van der Waals surface area contributed by atoms with Gasteiger partial charge in [-0.05, 0) is 69.5 Å². The molecule has 4 heterocycles. The lowest BCUT2D eigenvalue weighted by atomic mass is 10.0. The number of hydrogen-bond acceptors (Lipinski definition) is 9. The number of hydrogen-bond donors (Lipinski definition) is 3. The molecule has 1 atom stereocenters. The van der Waals surface area contributed by atoms with Crippen molar-refractivity contribution in [3.05, 3.63) is 48.3 Å². The van der Waals surface area contributed by atoms with Gasteiger partial charge >= 0.3 is 0 Å². The van der Waals surface area contributed by atoms with Crippen LogP contribution in [0.15, 0.2) is 36.9 Å². The van der Waals surface area contributed by atoms with E-state index < -0.39 is 5.91 Å². The van der Waals surface area contributed by atoms with Gasteiger partial charge in [-0.2, -0.15) is 0 Å². The molecule has 0 spiro atoms. The first kappa shape index (κ1) is 29.8. The minimum absolute atomic E-state index is 0.0119. The second-order valence-corrected chi connectivity index (χ2v) is 11.6. The third-order valence-corrected chi connectivity index (χ3v) is 8.78. The van der Waals surface area contributed by atoms with Crippen LogP contribution in [0.4, 0.5) is 23.0 Å². The van der Waals surface area contributed by atoms with E-state index >= 15 is 0 Å². The van der Waals surface area contributed by atoms with Crippen LogP contribution in [0.5, 0.6) is 0 Å². The average Bonchev–Trinajstić information content (AvgIpc) is 3.01. The van der Waals surface area contributed by atoms with E-state index in [1.54, 1.807) is 0 Å². The van der Waals surface area contributed by atoms with E-state index in [1.165, 1.54) is 37.7 Å². The van der Waals surface area contributed by atoms with Crippen LogP contribution in [0.25, 0.3) is 0 Å². The van der Waals surface area contributed by atoms with Gasteiger partial charge in [0.25, 0.3) is 5.91 Å². The van der Waals surface area contributed by atoms with Gasteiger partial charge in [0.2, 0.25) is 5.91 Å². The fourth-order valence-electron chi connectivity index (χ4n) is 6.33. The molecule has 11 heteroatoms. The predicted octanol–water partition coefficient (Wildman–Crippen LogP) is 2.37. The summed E-state index contributed by atoms with van der Waals surface area (Å²) in [5.41, 5.74) is 8.58. The number of nitrogens with two attached hydrogens (primary N) is 1. The number of primary amides is 1. The Morgan fingerprint density at radius 1 is 1.00 bits per heavy atom. The lowest BCUT2D eigenvalue weighted by Crippen LogP contribution is -2.52. The highest BCUT2D eigenvalue weighted by molar-refractivity contribution is 5.96. The zero-order valence-corrected chi connectivity index (χ0v) is 25.0. The first-order chi connectivity index (χ1) is 20.3. The molecule has 3 aliphatic rings. The van der Waals surface area contributed by atoms with E-state index in [0.717, 1.165) is 51.3 Å². The van der Waals surface area contributed by atoms with Crippen molar-refractivity contribution in [1.29, 1.82) is 0 Å². The quantitative estimate of drug-likeness (QED) is 0.387. The zero-order valence-electron chi connectivity index (χ0n) is 25.0. The molecule has 3 saturated heterocycles. The highest BCUT2D eigenvalue weighted by Crippen LogP contribution is 2.29. The molecule has 0 aliphatic carbocycles. The van der Waals surface area contributed by atoms with Crippen LogP contribution in [0.1, 0.15) is 48.8 Å². The molecular weight excluding hydrogens is 530 g/mol. The summed E-state index contributed by atoms with van der Waals surface area (Å²) in [6, 6.07) is 8.94. The van der Waals surface area contributed by atoms with Crippen LogP contribution in [0.2, 0.25) is 0 Å². The Morgan fingerprint density at radius 2 is 1.71 bits per heavy atom. The zero-order chi connectivity index (χ0) is 29.6. The summed E-state index contributed by atoms with van der Waals surface area (Å²) in [7, 11) is 2.20. The first-order valence-electron chi connectivity index (χ1n) is 15.3. The van der Waals surface area contributed by atoms with Gasteiger partial charge in [-0.3, -0.25) is 14.5 Å². The Morgan fingerprint density at radius 3 is 2.36 bits per heavy atom. The molecule has 0 saturated carbocycles. The molecule has 5 rings (SSSR count). The average molecular weight is 576 g/mol. The molecule has 2 aromatic rings. The van der Waals surface area contributed by atoms with Crippen LogP contribution in [0, 0.1) is 0 Å². The number of nitrogens with zero attached hydrogens (tertiary/aromatic N) is 6. The summed E-state index contributed by atoms with van der Waals surface area (Å²) in [5, 5.41) is 6.31. The number of anilines is 4. The lowest BCUT2D eigenvalue weighted by Gasteiger charge is -2.42. The van der Waals surface area contributed by atoms with Crippen LogP contribution in [-0.2, 0) is 11.2 Å². The Balaban J connectivity index is 1.27. The smallest absolute Gasteiger partial charge is 0.271 e. The maximum Gasteiger partial charge on any atom is 0.271 e. The molecule has 2 amide bonds. The van der Waals surface area contributed by atoms with Gasteiger partial charge in [-0.25, -0.2) is 9.97 Å². The maximum absolute atomic E-state index is 12.4. The molecular formula is C31H45N9O2. The highest BCUT2D eigenvalue weighted by atomic mass is 16.2. The van der Waals surface area contributed by atoms with Crippen molar-refractivity contribution in [2.75, 3.05) is 74.5 Å². The highest BCUT2D eigenvalue weighted by Gasteiger charge is 2.28. The fraction of sp³-hybridized carbons (Fsp3) is 0.548. The number of amides is 2. The molecule has 226 valence electrons. The number of carbonyl (C=O) groups excluding carboxylic acids is 2. The van der Waals surface area contributed by atoms with Gasteiger partial charge in [-0.1, -0.05) is 13.5 Å². The number of nitrogens with one attached hydrogen (secondary N) is 2. The molecule has 42 heavy (non-hydrogen) atoms.